The quantitative estimate of drug-likeness (QED) is 0.275. The van der Waals surface area contributed by atoms with Crippen LogP contribution in [-0.2, 0) is 14.3 Å². The molecular formula is C21H42N2O3. The molecule has 1 amide bonds. The van der Waals surface area contributed by atoms with Gasteiger partial charge in [0.05, 0.1) is 7.11 Å². The summed E-state index contributed by atoms with van der Waals surface area (Å²) in [5, 5.41) is 2.94. The summed E-state index contributed by atoms with van der Waals surface area (Å²) >= 11 is 0. The highest BCUT2D eigenvalue weighted by molar-refractivity contribution is 5.76. The second-order valence-electron chi connectivity index (χ2n) is 7.26. The van der Waals surface area contributed by atoms with Gasteiger partial charge in [0, 0.05) is 13.0 Å². The van der Waals surface area contributed by atoms with E-state index in [1.54, 1.807) is 0 Å². The monoisotopic (exact) mass is 370 g/mol. The number of hydrogen-bond acceptors (Lipinski definition) is 4. The summed E-state index contributed by atoms with van der Waals surface area (Å²) in [6, 6.07) is -0.549. The standard InChI is InChI=1S/C21H42N2O3/c1-3-4-5-6-7-8-9-10-11-12-13-17-20(24)23-18-15-14-16-19(22)21(25)26-2/h19H,3-18,22H2,1-2H3,(H,23,24)/t19-/m0/s1. The summed E-state index contributed by atoms with van der Waals surface area (Å²) in [5.41, 5.74) is 5.66. The first-order chi connectivity index (χ1) is 12.6. The number of nitrogens with one attached hydrogen (secondary N) is 1. The van der Waals surface area contributed by atoms with E-state index in [1.165, 1.54) is 64.9 Å². The minimum absolute atomic E-state index is 0.137. The van der Waals surface area contributed by atoms with Gasteiger partial charge in [-0.15, -0.1) is 0 Å². The van der Waals surface area contributed by atoms with Gasteiger partial charge in [-0.1, -0.05) is 71.1 Å². The van der Waals surface area contributed by atoms with Gasteiger partial charge in [0.25, 0.3) is 0 Å². The van der Waals surface area contributed by atoms with Crippen molar-refractivity contribution < 1.29 is 14.3 Å². The van der Waals surface area contributed by atoms with Gasteiger partial charge in [-0.25, -0.2) is 0 Å². The molecule has 0 unspecified atom stereocenters. The average Bonchev–Trinajstić information content (AvgIpc) is 2.64. The number of amides is 1. The van der Waals surface area contributed by atoms with Gasteiger partial charge in [-0.3, -0.25) is 9.59 Å². The van der Waals surface area contributed by atoms with E-state index in [0.717, 1.165) is 25.7 Å². The fourth-order valence-corrected chi connectivity index (χ4v) is 3.02. The molecule has 0 heterocycles. The molecule has 0 aliphatic heterocycles. The Morgan fingerprint density at radius 3 is 1.92 bits per heavy atom. The first-order valence-electron chi connectivity index (χ1n) is 10.7. The van der Waals surface area contributed by atoms with E-state index in [9.17, 15) is 9.59 Å². The van der Waals surface area contributed by atoms with Crippen LogP contribution >= 0.6 is 0 Å². The Bertz CT molecular complexity index is 348. The molecular weight excluding hydrogens is 328 g/mol. The Balaban J connectivity index is 3.28. The van der Waals surface area contributed by atoms with Crippen molar-refractivity contribution >= 4 is 11.9 Å². The minimum atomic E-state index is -0.549. The van der Waals surface area contributed by atoms with Gasteiger partial charge in [0.1, 0.15) is 6.04 Å². The first-order valence-corrected chi connectivity index (χ1v) is 10.7. The van der Waals surface area contributed by atoms with Gasteiger partial charge < -0.3 is 15.8 Å². The smallest absolute Gasteiger partial charge is 0.322 e. The maximum atomic E-state index is 11.7. The third kappa shape index (κ3) is 16.4. The number of carbonyl (C=O) groups is 2. The number of methoxy groups -OCH3 is 1. The Kier molecular flexibility index (Phi) is 17.9. The third-order valence-electron chi connectivity index (χ3n) is 4.78. The van der Waals surface area contributed by atoms with Crippen molar-refractivity contribution in [2.45, 2.75) is 109 Å². The molecule has 0 bridgehead atoms. The zero-order valence-electron chi connectivity index (χ0n) is 17.2. The van der Waals surface area contributed by atoms with Crippen LogP contribution in [0.3, 0.4) is 0 Å². The van der Waals surface area contributed by atoms with Crippen molar-refractivity contribution in [3.8, 4) is 0 Å². The lowest BCUT2D eigenvalue weighted by Crippen LogP contribution is -2.31. The van der Waals surface area contributed by atoms with Crippen LogP contribution in [0, 0.1) is 0 Å². The Hall–Kier alpha value is -1.10. The molecule has 0 aromatic heterocycles. The largest absolute Gasteiger partial charge is 0.468 e. The van der Waals surface area contributed by atoms with Crippen LogP contribution in [0.4, 0.5) is 0 Å². The number of ether oxygens (including phenoxy) is 1. The number of esters is 1. The zero-order valence-corrected chi connectivity index (χ0v) is 17.2. The number of carbonyl (C=O) groups excluding carboxylic acids is 2. The van der Waals surface area contributed by atoms with Crippen molar-refractivity contribution in [3.63, 3.8) is 0 Å². The summed E-state index contributed by atoms with van der Waals surface area (Å²) in [6.45, 7) is 2.91. The summed E-state index contributed by atoms with van der Waals surface area (Å²) < 4.78 is 4.58. The SMILES string of the molecule is CCCCCCCCCCCCCC(=O)NCCCC[C@H](N)C(=O)OC. The summed E-state index contributed by atoms with van der Waals surface area (Å²) in [7, 11) is 1.34. The van der Waals surface area contributed by atoms with Crippen molar-refractivity contribution in [2.24, 2.45) is 5.73 Å². The Labute approximate surface area is 160 Å². The minimum Gasteiger partial charge on any atom is -0.468 e. The predicted octanol–water partition coefficient (Wildman–Crippen LogP) is 4.47. The van der Waals surface area contributed by atoms with Crippen molar-refractivity contribution in [1.82, 2.24) is 5.32 Å². The molecule has 5 heteroatoms. The number of hydrogen-bond donors (Lipinski definition) is 2. The highest BCUT2D eigenvalue weighted by Gasteiger charge is 2.12. The zero-order chi connectivity index (χ0) is 19.5. The van der Waals surface area contributed by atoms with E-state index < -0.39 is 6.04 Å². The van der Waals surface area contributed by atoms with Gasteiger partial charge >= 0.3 is 5.97 Å². The first kappa shape index (κ1) is 24.9. The van der Waals surface area contributed by atoms with Crippen molar-refractivity contribution in [1.29, 1.82) is 0 Å². The fourth-order valence-electron chi connectivity index (χ4n) is 3.02. The molecule has 0 saturated heterocycles. The molecule has 0 fully saturated rings. The maximum Gasteiger partial charge on any atom is 0.322 e. The molecule has 0 spiro atoms. The van der Waals surface area contributed by atoms with Gasteiger partial charge in [0.15, 0.2) is 0 Å². The van der Waals surface area contributed by atoms with Crippen LogP contribution in [-0.4, -0.2) is 31.6 Å². The summed E-state index contributed by atoms with van der Waals surface area (Å²) in [5.74, 6) is -0.233. The number of nitrogens with two attached hydrogens (primary N) is 1. The second-order valence-corrected chi connectivity index (χ2v) is 7.26. The van der Waals surface area contributed by atoms with E-state index in [0.29, 0.717) is 19.4 Å². The van der Waals surface area contributed by atoms with E-state index >= 15 is 0 Å². The Morgan fingerprint density at radius 1 is 0.846 bits per heavy atom. The van der Waals surface area contributed by atoms with Gasteiger partial charge in [0.2, 0.25) is 5.91 Å². The highest BCUT2D eigenvalue weighted by atomic mass is 16.5. The van der Waals surface area contributed by atoms with E-state index in [4.69, 9.17) is 5.73 Å². The van der Waals surface area contributed by atoms with Crippen LogP contribution in [0.1, 0.15) is 103 Å². The number of unbranched alkanes of at least 4 members (excludes halogenated alkanes) is 11. The van der Waals surface area contributed by atoms with Crippen molar-refractivity contribution in [2.75, 3.05) is 13.7 Å². The third-order valence-corrected chi connectivity index (χ3v) is 4.78. The molecule has 0 aliphatic rings. The molecule has 0 rings (SSSR count). The van der Waals surface area contributed by atoms with E-state index in [2.05, 4.69) is 17.0 Å². The molecule has 26 heavy (non-hydrogen) atoms. The molecule has 154 valence electrons. The Morgan fingerprint density at radius 2 is 1.38 bits per heavy atom. The topological polar surface area (TPSA) is 81.4 Å². The lowest BCUT2D eigenvalue weighted by molar-refractivity contribution is -0.142. The van der Waals surface area contributed by atoms with Crippen LogP contribution in [0.5, 0.6) is 0 Å². The average molecular weight is 371 g/mol. The fraction of sp³-hybridized carbons (Fsp3) is 0.905. The molecule has 5 nitrogen and oxygen atoms in total. The number of rotatable bonds is 18. The van der Waals surface area contributed by atoms with Crippen molar-refractivity contribution in [3.05, 3.63) is 0 Å². The molecule has 1 atom stereocenters. The van der Waals surface area contributed by atoms with Crippen LogP contribution in [0.25, 0.3) is 0 Å². The normalized spacial score (nSPS) is 12.0. The van der Waals surface area contributed by atoms with Crippen LogP contribution in [0.2, 0.25) is 0 Å². The molecule has 0 radical (unpaired) electrons. The molecule has 0 aliphatic carbocycles. The lowest BCUT2D eigenvalue weighted by atomic mass is 10.1. The van der Waals surface area contributed by atoms with Gasteiger partial charge in [-0.05, 0) is 25.7 Å². The predicted molar refractivity (Wildman–Crippen MR) is 108 cm³/mol. The van der Waals surface area contributed by atoms with Crippen LogP contribution in [0.15, 0.2) is 0 Å². The second kappa shape index (κ2) is 18.7. The summed E-state index contributed by atoms with van der Waals surface area (Å²) in [4.78, 5) is 22.9. The maximum absolute atomic E-state index is 11.7. The molecule has 0 aromatic rings. The van der Waals surface area contributed by atoms with Gasteiger partial charge in [-0.2, -0.15) is 0 Å². The van der Waals surface area contributed by atoms with E-state index in [-0.39, 0.29) is 11.9 Å². The highest BCUT2D eigenvalue weighted by Crippen LogP contribution is 2.11. The van der Waals surface area contributed by atoms with Crippen LogP contribution < -0.4 is 11.1 Å². The molecule has 0 aromatic carbocycles. The summed E-state index contributed by atoms with van der Waals surface area (Å²) in [6.07, 6.45) is 17.1. The lowest BCUT2D eigenvalue weighted by Gasteiger charge is -2.09. The van der Waals surface area contributed by atoms with E-state index in [1.807, 2.05) is 0 Å². The molecule has 3 N–H and O–H groups in total. The molecule has 0 saturated carbocycles.